The van der Waals surface area contributed by atoms with Crippen LogP contribution in [0, 0.1) is 10.1 Å². The lowest BCUT2D eigenvalue weighted by atomic mass is 10.2. The first kappa shape index (κ1) is 22.3. The average Bonchev–Trinajstić information content (AvgIpc) is 2.87. The zero-order valence-corrected chi connectivity index (χ0v) is 18.0. The van der Waals surface area contributed by atoms with Crippen LogP contribution < -0.4 is 10.3 Å². The first-order valence-corrected chi connectivity index (χ1v) is 10.1. The molecule has 1 heterocycles. The van der Waals surface area contributed by atoms with E-state index in [2.05, 4.69) is 14.8 Å². The Kier molecular flexibility index (Phi) is 6.40. The second-order valence-electron chi connectivity index (χ2n) is 7.02. The molecule has 0 unspecified atom stereocenters. The van der Waals surface area contributed by atoms with Crippen LogP contribution in [0.2, 0.25) is 0 Å². The number of aromatic nitrogens is 2. The largest absolute Gasteiger partial charge is 0.481 e. The van der Waals surface area contributed by atoms with Crippen LogP contribution in [0.3, 0.4) is 0 Å². The molecular weight excluding hydrogens is 440 g/mol. The molecule has 0 amide bonds. The van der Waals surface area contributed by atoms with Crippen LogP contribution in [0.5, 0.6) is 5.75 Å². The Bertz CT molecular complexity index is 1460. The number of carbonyl (C=O) groups is 1. The fraction of sp³-hybridized carbons (Fsp3) is 0.0833. The molecule has 1 aromatic heterocycles. The van der Waals surface area contributed by atoms with Crippen molar-refractivity contribution in [2.45, 2.75) is 0 Å². The van der Waals surface area contributed by atoms with Crippen molar-refractivity contribution in [2.75, 3.05) is 13.7 Å². The molecule has 10 heteroatoms. The van der Waals surface area contributed by atoms with Gasteiger partial charge in [-0.3, -0.25) is 14.9 Å². The number of nitro groups is 1. The van der Waals surface area contributed by atoms with Gasteiger partial charge in [0.1, 0.15) is 5.75 Å². The van der Waals surface area contributed by atoms with Crippen LogP contribution in [-0.2, 0) is 9.53 Å². The molecule has 34 heavy (non-hydrogen) atoms. The summed E-state index contributed by atoms with van der Waals surface area (Å²) in [4.78, 5) is 40.1. The zero-order valence-electron chi connectivity index (χ0n) is 18.0. The zero-order chi connectivity index (χ0) is 24.1. The Morgan fingerprint density at radius 1 is 1.12 bits per heavy atom. The summed E-state index contributed by atoms with van der Waals surface area (Å²) in [6.07, 6.45) is 1.25. The Morgan fingerprint density at radius 3 is 2.59 bits per heavy atom. The third-order valence-corrected chi connectivity index (χ3v) is 4.88. The highest BCUT2D eigenvalue weighted by molar-refractivity contribution is 5.86. The Labute approximate surface area is 192 Å². The second kappa shape index (κ2) is 9.74. The molecule has 170 valence electrons. The fourth-order valence-corrected chi connectivity index (χ4v) is 3.20. The van der Waals surface area contributed by atoms with E-state index in [1.165, 1.54) is 31.5 Å². The molecule has 0 spiro atoms. The highest BCUT2D eigenvalue weighted by atomic mass is 16.6. The molecule has 0 aliphatic heterocycles. The Balaban J connectivity index is 1.85. The van der Waals surface area contributed by atoms with Gasteiger partial charge in [-0.15, -0.1) is 0 Å². The number of ether oxygens (including phenoxy) is 2. The summed E-state index contributed by atoms with van der Waals surface area (Å²) >= 11 is 0. The van der Waals surface area contributed by atoms with E-state index in [0.717, 1.165) is 4.68 Å². The number of esters is 1. The highest BCUT2D eigenvalue weighted by Gasteiger charge is 2.15. The van der Waals surface area contributed by atoms with Crippen molar-refractivity contribution in [2.24, 2.45) is 5.10 Å². The molecule has 0 fully saturated rings. The topological polar surface area (TPSA) is 126 Å². The minimum Gasteiger partial charge on any atom is -0.481 e. The first-order chi connectivity index (χ1) is 16.5. The van der Waals surface area contributed by atoms with Crippen molar-refractivity contribution >= 4 is 28.8 Å². The van der Waals surface area contributed by atoms with E-state index in [-0.39, 0.29) is 17.0 Å². The highest BCUT2D eigenvalue weighted by Crippen LogP contribution is 2.24. The summed E-state index contributed by atoms with van der Waals surface area (Å²) in [5.41, 5.74) is 0.735. The van der Waals surface area contributed by atoms with Gasteiger partial charge in [0.15, 0.2) is 12.4 Å². The quantitative estimate of drug-likeness (QED) is 0.180. The summed E-state index contributed by atoms with van der Waals surface area (Å²) in [6.45, 7) is -0.401. The molecule has 0 aliphatic rings. The molecule has 0 radical (unpaired) electrons. The van der Waals surface area contributed by atoms with Crippen molar-refractivity contribution in [3.05, 3.63) is 98.8 Å². The molecule has 0 saturated heterocycles. The maximum atomic E-state index is 13.3. The molecule has 3 aromatic carbocycles. The van der Waals surface area contributed by atoms with Crippen LogP contribution in [0.1, 0.15) is 5.56 Å². The number of hydrogen-bond donors (Lipinski definition) is 0. The van der Waals surface area contributed by atoms with Crippen LogP contribution in [0.15, 0.2) is 82.7 Å². The fourth-order valence-electron chi connectivity index (χ4n) is 3.20. The van der Waals surface area contributed by atoms with E-state index in [9.17, 15) is 19.7 Å². The van der Waals surface area contributed by atoms with Gasteiger partial charge in [-0.05, 0) is 18.2 Å². The van der Waals surface area contributed by atoms with E-state index in [1.807, 2.05) is 18.2 Å². The van der Waals surface area contributed by atoms with Gasteiger partial charge in [-0.2, -0.15) is 9.78 Å². The molecule has 4 rings (SSSR count). The van der Waals surface area contributed by atoms with Gasteiger partial charge in [0, 0.05) is 23.3 Å². The minimum absolute atomic E-state index is 0.155. The van der Waals surface area contributed by atoms with Gasteiger partial charge in [-0.25, -0.2) is 9.78 Å². The third-order valence-electron chi connectivity index (χ3n) is 4.88. The van der Waals surface area contributed by atoms with Crippen molar-refractivity contribution in [3.8, 4) is 17.1 Å². The molecule has 0 N–H and O–H groups in total. The Morgan fingerprint density at radius 2 is 1.85 bits per heavy atom. The number of carbonyl (C=O) groups excluding carboxylic acids is 1. The van der Waals surface area contributed by atoms with Crippen LogP contribution >= 0.6 is 0 Å². The van der Waals surface area contributed by atoms with E-state index >= 15 is 0 Å². The van der Waals surface area contributed by atoms with Gasteiger partial charge in [-0.1, -0.05) is 42.5 Å². The molecule has 10 nitrogen and oxygen atoms in total. The van der Waals surface area contributed by atoms with Gasteiger partial charge in [0.05, 0.1) is 29.2 Å². The number of non-ortho nitro benzene ring substituents is 1. The first-order valence-electron chi connectivity index (χ1n) is 10.1. The lowest BCUT2D eigenvalue weighted by Crippen LogP contribution is -2.20. The van der Waals surface area contributed by atoms with E-state index in [4.69, 9.17) is 4.74 Å². The number of benzene rings is 3. The molecule has 0 atom stereocenters. The van der Waals surface area contributed by atoms with Gasteiger partial charge in [0.25, 0.3) is 11.2 Å². The maximum absolute atomic E-state index is 13.3. The molecule has 0 bridgehead atoms. The number of rotatable bonds is 7. The standard InChI is InChI=1S/C24H18N4O6/c1-33-22(29)15-34-21-12-11-18(28(31)32)13-17(21)14-25-27-23(16-7-3-2-4-8-16)26-20-10-6-5-9-19(20)24(27)30/h2-14H,15H2,1H3. The van der Waals surface area contributed by atoms with Crippen LogP contribution in [-0.4, -0.2) is 40.5 Å². The maximum Gasteiger partial charge on any atom is 0.343 e. The van der Waals surface area contributed by atoms with Crippen molar-refractivity contribution in [3.63, 3.8) is 0 Å². The molecule has 0 aliphatic carbocycles. The summed E-state index contributed by atoms with van der Waals surface area (Å²) in [5.74, 6) is -0.173. The lowest BCUT2D eigenvalue weighted by Gasteiger charge is -2.10. The number of nitrogens with zero attached hydrogens (tertiary/aromatic N) is 4. The SMILES string of the molecule is COC(=O)COc1ccc([N+](=O)[O-])cc1C=Nn1c(-c2ccccc2)nc2ccccc2c1=O. The molecular formula is C24H18N4O6. The van der Waals surface area contributed by atoms with Crippen molar-refractivity contribution in [1.82, 2.24) is 9.66 Å². The number of hydrogen-bond acceptors (Lipinski definition) is 8. The van der Waals surface area contributed by atoms with E-state index < -0.39 is 23.1 Å². The second-order valence-corrected chi connectivity index (χ2v) is 7.02. The number of fused-ring (bicyclic) bond motifs is 1. The molecule has 0 saturated carbocycles. The lowest BCUT2D eigenvalue weighted by molar-refractivity contribution is -0.384. The normalized spacial score (nSPS) is 11.0. The van der Waals surface area contributed by atoms with E-state index in [0.29, 0.717) is 22.3 Å². The number of para-hydroxylation sites is 1. The van der Waals surface area contributed by atoms with Crippen molar-refractivity contribution in [1.29, 1.82) is 0 Å². The number of methoxy groups -OCH3 is 1. The van der Waals surface area contributed by atoms with Gasteiger partial charge >= 0.3 is 5.97 Å². The minimum atomic E-state index is -0.623. The van der Waals surface area contributed by atoms with Gasteiger partial charge in [0.2, 0.25) is 0 Å². The molecule has 4 aromatic rings. The summed E-state index contributed by atoms with van der Waals surface area (Å²) in [7, 11) is 1.22. The summed E-state index contributed by atoms with van der Waals surface area (Å²) < 4.78 is 11.1. The Hall–Kier alpha value is -4.86. The van der Waals surface area contributed by atoms with E-state index in [1.54, 1.807) is 36.4 Å². The summed E-state index contributed by atoms with van der Waals surface area (Å²) in [6, 6.07) is 19.7. The van der Waals surface area contributed by atoms with Crippen LogP contribution in [0.25, 0.3) is 22.3 Å². The third kappa shape index (κ3) is 4.65. The predicted molar refractivity (Wildman–Crippen MR) is 125 cm³/mol. The van der Waals surface area contributed by atoms with Crippen molar-refractivity contribution < 1.29 is 19.2 Å². The smallest absolute Gasteiger partial charge is 0.343 e. The average molecular weight is 458 g/mol. The predicted octanol–water partition coefficient (Wildman–Crippen LogP) is 3.41. The van der Waals surface area contributed by atoms with Crippen LogP contribution in [0.4, 0.5) is 5.69 Å². The monoisotopic (exact) mass is 458 g/mol. The summed E-state index contributed by atoms with van der Waals surface area (Å²) in [5, 5.41) is 15.9. The number of nitro benzene ring substituents is 1. The van der Waals surface area contributed by atoms with Gasteiger partial charge < -0.3 is 9.47 Å².